The largest absolute Gasteiger partial charge is 0.484 e. The van der Waals surface area contributed by atoms with Crippen LogP contribution >= 0.6 is 0 Å². The lowest BCUT2D eigenvalue weighted by Crippen LogP contribution is -2.38. The molecule has 1 aromatic heterocycles. The highest BCUT2D eigenvalue weighted by molar-refractivity contribution is 5.90. The van der Waals surface area contributed by atoms with Gasteiger partial charge in [0.25, 0.3) is 5.91 Å². The van der Waals surface area contributed by atoms with E-state index in [1.807, 2.05) is 31.5 Å². The Kier molecular flexibility index (Phi) is 6.77. The molecule has 26 heavy (non-hydrogen) atoms. The molecule has 1 aromatic carbocycles. The Morgan fingerprint density at radius 3 is 2.65 bits per heavy atom. The molecule has 2 amide bonds. The van der Waals surface area contributed by atoms with Crippen LogP contribution in [0.2, 0.25) is 0 Å². The van der Waals surface area contributed by atoms with Crippen LogP contribution in [0.1, 0.15) is 31.7 Å². The molecule has 2 rings (SSSR count). The van der Waals surface area contributed by atoms with Crippen molar-refractivity contribution in [1.82, 2.24) is 15.1 Å². The van der Waals surface area contributed by atoms with Crippen molar-refractivity contribution in [1.29, 1.82) is 0 Å². The topological polar surface area (TPSA) is 85.2 Å². The van der Waals surface area contributed by atoms with E-state index in [9.17, 15) is 9.59 Å². The average Bonchev–Trinajstić information content (AvgIpc) is 2.90. The van der Waals surface area contributed by atoms with Crippen LogP contribution in [-0.4, -0.2) is 34.2 Å². The van der Waals surface area contributed by atoms with Gasteiger partial charge in [0, 0.05) is 29.9 Å². The molecule has 2 N–H and O–H groups in total. The van der Waals surface area contributed by atoms with E-state index in [0.29, 0.717) is 24.4 Å². The summed E-state index contributed by atoms with van der Waals surface area (Å²) in [5, 5.41) is 10.0. The van der Waals surface area contributed by atoms with Gasteiger partial charge in [0.05, 0.1) is 12.2 Å². The Morgan fingerprint density at radius 1 is 1.23 bits per heavy atom. The number of aryl methyl sites for hydroxylation is 2. The van der Waals surface area contributed by atoms with Gasteiger partial charge in [-0.25, -0.2) is 0 Å². The van der Waals surface area contributed by atoms with Crippen LogP contribution in [0, 0.1) is 13.8 Å². The van der Waals surface area contributed by atoms with Gasteiger partial charge in [0.15, 0.2) is 6.61 Å². The summed E-state index contributed by atoms with van der Waals surface area (Å²) in [6.45, 7) is 8.15. The minimum absolute atomic E-state index is 0.0701. The summed E-state index contributed by atoms with van der Waals surface area (Å²) in [5.41, 5.74) is 2.66. The molecule has 0 bridgehead atoms. The van der Waals surface area contributed by atoms with Crippen molar-refractivity contribution < 1.29 is 14.3 Å². The van der Waals surface area contributed by atoms with Gasteiger partial charge >= 0.3 is 0 Å². The zero-order chi connectivity index (χ0) is 19.1. The summed E-state index contributed by atoms with van der Waals surface area (Å²) in [6.07, 6.45) is 0.403. The molecule has 1 atom stereocenters. The van der Waals surface area contributed by atoms with E-state index in [1.165, 1.54) is 0 Å². The summed E-state index contributed by atoms with van der Waals surface area (Å²) in [4.78, 5) is 23.5. The predicted molar refractivity (Wildman–Crippen MR) is 100 cm³/mol. The maximum Gasteiger partial charge on any atom is 0.258 e. The average molecular weight is 358 g/mol. The number of rotatable bonds is 8. The van der Waals surface area contributed by atoms with Gasteiger partial charge in [0.1, 0.15) is 5.75 Å². The summed E-state index contributed by atoms with van der Waals surface area (Å²) in [6, 6.07) is 8.91. The van der Waals surface area contributed by atoms with Gasteiger partial charge in [-0.2, -0.15) is 5.10 Å². The zero-order valence-electron chi connectivity index (χ0n) is 15.7. The van der Waals surface area contributed by atoms with Crippen molar-refractivity contribution in [2.24, 2.45) is 0 Å². The third-order valence-corrected chi connectivity index (χ3v) is 3.77. The Bertz CT molecular complexity index is 770. The fraction of sp³-hybridized carbons (Fsp3) is 0.421. The monoisotopic (exact) mass is 358 g/mol. The second kappa shape index (κ2) is 9.03. The highest BCUT2D eigenvalue weighted by atomic mass is 16.5. The van der Waals surface area contributed by atoms with Gasteiger partial charge in [-0.05, 0) is 39.0 Å². The van der Waals surface area contributed by atoms with Crippen LogP contribution < -0.4 is 15.4 Å². The minimum Gasteiger partial charge on any atom is -0.484 e. The highest BCUT2D eigenvalue weighted by Gasteiger charge is 2.11. The number of hydrogen-bond acceptors (Lipinski definition) is 4. The van der Waals surface area contributed by atoms with E-state index in [0.717, 1.165) is 11.4 Å². The molecule has 0 fully saturated rings. The van der Waals surface area contributed by atoms with E-state index < -0.39 is 0 Å². The molecule has 0 saturated carbocycles. The first-order chi connectivity index (χ1) is 12.4. The normalized spacial score (nSPS) is 11.7. The predicted octanol–water partition coefficient (Wildman–Crippen LogP) is 2.43. The molecule has 140 valence electrons. The van der Waals surface area contributed by atoms with E-state index in [4.69, 9.17) is 4.74 Å². The molecule has 2 aromatic rings. The number of benzene rings is 1. The van der Waals surface area contributed by atoms with E-state index in [-0.39, 0.29) is 24.5 Å². The molecule has 0 saturated heterocycles. The fourth-order valence-corrected chi connectivity index (χ4v) is 2.54. The number of anilines is 1. The van der Waals surface area contributed by atoms with Crippen LogP contribution in [0.4, 0.5) is 5.69 Å². The van der Waals surface area contributed by atoms with Crippen molar-refractivity contribution in [2.75, 3.05) is 11.9 Å². The summed E-state index contributed by atoms with van der Waals surface area (Å²) < 4.78 is 7.39. The lowest BCUT2D eigenvalue weighted by Gasteiger charge is -2.15. The molecule has 0 aliphatic carbocycles. The van der Waals surface area contributed by atoms with Gasteiger partial charge in [0.2, 0.25) is 5.91 Å². The molecule has 0 aliphatic rings. The zero-order valence-corrected chi connectivity index (χ0v) is 15.7. The van der Waals surface area contributed by atoms with Crippen molar-refractivity contribution in [3.8, 4) is 5.75 Å². The minimum atomic E-state index is -0.206. The van der Waals surface area contributed by atoms with Crippen LogP contribution in [0.3, 0.4) is 0 Å². The maximum atomic E-state index is 12.1. The van der Waals surface area contributed by atoms with Crippen molar-refractivity contribution >= 4 is 17.5 Å². The van der Waals surface area contributed by atoms with E-state index in [1.54, 1.807) is 31.2 Å². The van der Waals surface area contributed by atoms with Gasteiger partial charge in [-0.15, -0.1) is 0 Å². The van der Waals surface area contributed by atoms with Crippen LogP contribution in [0.15, 0.2) is 30.3 Å². The quantitative estimate of drug-likeness (QED) is 0.759. The van der Waals surface area contributed by atoms with E-state index in [2.05, 4.69) is 15.7 Å². The Balaban J connectivity index is 1.82. The summed E-state index contributed by atoms with van der Waals surface area (Å²) in [7, 11) is 0. The first kappa shape index (κ1) is 19.5. The molecule has 7 nitrogen and oxygen atoms in total. The number of carbonyl (C=O) groups excluding carboxylic acids is 2. The number of amides is 2. The molecule has 0 aliphatic heterocycles. The standard InChI is InChI=1S/C19H26N4O3/c1-5-18(24)21-16-7-6-8-17(10-16)26-12-19(25)20-14(3)11-23-15(4)9-13(2)22-23/h6-10,14H,5,11-12H2,1-4H3,(H,20,25)(H,21,24). The summed E-state index contributed by atoms with van der Waals surface area (Å²) in [5.74, 6) is 0.250. The molecule has 1 heterocycles. The molecule has 0 spiro atoms. The summed E-state index contributed by atoms with van der Waals surface area (Å²) >= 11 is 0. The lowest BCUT2D eigenvalue weighted by molar-refractivity contribution is -0.123. The van der Waals surface area contributed by atoms with Gasteiger partial charge in [-0.3, -0.25) is 14.3 Å². The van der Waals surface area contributed by atoms with Gasteiger partial charge in [-0.1, -0.05) is 13.0 Å². The molecule has 1 unspecified atom stereocenters. The van der Waals surface area contributed by atoms with Crippen molar-refractivity contribution in [3.05, 3.63) is 41.7 Å². The Labute approximate surface area is 153 Å². The molecule has 0 radical (unpaired) electrons. The fourth-order valence-electron chi connectivity index (χ4n) is 2.54. The number of nitrogens with one attached hydrogen (secondary N) is 2. The SMILES string of the molecule is CCC(=O)Nc1cccc(OCC(=O)NC(C)Cn2nc(C)cc2C)c1. The van der Waals surface area contributed by atoms with Crippen LogP contribution in [0.25, 0.3) is 0 Å². The third kappa shape index (κ3) is 5.91. The first-order valence-corrected chi connectivity index (χ1v) is 8.70. The number of ether oxygens (including phenoxy) is 1. The number of aromatic nitrogens is 2. The van der Waals surface area contributed by atoms with Crippen LogP contribution in [-0.2, 0) is 16.1 Å². The van der Waals surface area contributed by atoms with E-state index >= 15 is 0 Å². The van der Waals surface area contributed by atoms with Gasteiger partial charge < -0.3 is 15.4 Å². The van der Waals surface area contributed by atoms with Crippen LogP contribution in [0.5, 0.6) is 5.75 Å². The third-order valence-electron chi connectivity index (χ3n) is 3.77. The first-order valence-electron chi connectivity index (χ1n) is 8.70. The Hall–Kier alpha value is -2.83. The smallest absolute Gasteiger partial charge is 0.258 e. The number of nitrogens with zero attached hydrogens (tertiary/aromatic N) is 2. The Morgan fingerprint density at radius 2 is 2.00 bits per heavy atom. The second-order valence-electron chi connectivity index (χ2n) is 6.30. The lowest BCUT2D eigenvalue weighted by atomic mass is 10.3. The highest BCUT2D eigenvalue weighted by Crippen LogP contribution is 2.17. The molecular weight excluding hydrogens is 332 g/mol. The maximum absolute atomic E-state index is 12.1. The number of hydrogen-bond donors (Lipinski definition) is 2. The van der Waals surface area contributed by atoms with Crippen molar-refractivity contribution in [3.63, 3.8) is 0 Å². The van der Waals surface area contributed by atoms with Crippen molar-refractivity contribution in [2.45, 2.75) is 46.7 Å². The second-order valence-corrected chi connectivity index (χ2v) is 6.30. The number of carbonyl (C=O) groups is 2. The molecule has 7 heteroatoms. The molecular formula is C19H26N4O3.